The molecule has 0 saturated heterocycles. The van der Waals surface area contributed by atoms with E-state index >= 15 is 0 Å². The molecular formula is C14H17N5S2. The maximum absolute atomic E-state index is 4.66. The van der Waals surface area contributed by atoms with Crippen LogP contribution in [0, 0.1) is 0 Å². The van der Waals surface area contributed by atoms with Crippen molar-refractivity contribution in [1.82, 2.24) is 19.7 Å². The number of thioether (sulfide) groups is 1. The summed E-state index contributed by atoms with van der Waals surface area (Å²) in [5, 5.41) is 10.7. The molecule has 3 aromatic rings. The third-order valence-corrected chi connectivity index (χ3v) is 5.15. The summed E-state index contributed by atoms with van der Waals surface area (Å²) in [6, 6.07) is 4.18. The first-order valence-corrected chi connectivity index (χ1v) is 8.73. The van der Waals surface area contributed by atoms with Crippen LogP contribution in [0.1, 0.15) is 19.2 Å². The molecule has 0 amide bonds. The van der Waals surface area contributed by atoms with Gasteiger partial charge in [-0.05, 0) is 17.9 Å². The Labute approximate surface area is 131 Å². The van der Waals surface area contributed by atoms with Crippen LogP contribution in [-0.4, -0.2) is 26.3 Å². The van der Waals surface area contributed by atoms with Gasteiger partial charge in [-0.15, -0.1) is 23.1 Å². The van der Waals surface area contributed by atoms with Crippen molar-refractivity contribution >= 4 is 39.9 Å². The van der Waals surface area contributed by atoms with Gasteiger partial charge in [-0.2, -0.15) is 5.10 Å². The van der Waals surface area contributed by atoms with Crippen molar-refractivity contribution in [2.75, 3.05) is 11.9 Å². The highest BCUT2D eigenvalue weighted by atomic mass is 32.2. The number of hydrogen-bond acceptors (Lipinski definition) is 6. The lowest BCUT2D eigenvalue weighted by atomic mass is 10.3. The predicted molar refractivity (Wildman–Crippen MR) is 89.0 cm³/mol. The van der Waals surface area contributed by atoms with E-state index in [1.807, 2.05) is 13.2 Å². The van der Waals surface area contributed by atoms with Crippen LogP contribution < -0.4 is 5.32 Å². The van der Waals surface area contributed by atoms with Crippen LogP contribution in [0.15, 0.2) is 27.9 Å². The van der Waals surface area contributed by atoms with E-state index in [0.717, 1.165) is 41.4 Å². The fourth-order valence-electron chi connectivity index (χ4n) is 1.99. The summed E-state index contributed by atoms with van der Waals surface area (Å²) in [5.41, 5.74) is 0.880. The molecule has 0 aliphatic rings. The molecule has 0 radical (unpaired) electrons. The molecule has 0 spiro atoms. The van der Waals surface area contributed by atoms with Gasteiger partial charge in [-0.3, -0.25) is 4.68 Å². The van der Waals surface area contributed by atoms with E-state index in [4.69, 9.17) is 0 Å². The molecule has 0 aliphatic carbocycles. The molecule has 3 heterocycles. The Bertz CT molecular complexity index is 720. The minimum absolute atomic E-state index is 0.766. The SMILES string of the molecule is CCCNc1nc(CSc2cccs2)nc2c1cnn2C. The molecule has 0 bridgehead atoms. The molecular weight excluding hydrogens is 302 g/mol. The molecule has 0 unspecified atom stereocenters. The summed E-state index contributed by atoms with van der Waals surface area (Å²) in [5.74, 6) is 2.49. The Morgan fingerprint density at radius 2 is 2.29 bits per heavy atom. The monoisotopic (exact) mass is 319 g/mol. The Morgan fingerprint density at radius 1 is 1.38 bits per heavy atom. The van der Waals surface area contributed by atoms with Gasteiger partial charge in [0.2, 0.25) is 0 Å². The molecule has 110 valence electrons. The van der Waals surface area contributed by atoms with E-state index in [0.29, 0.717) is 0 Å². The van der Waals surface area contributed by atoms with Gasteiger partial charge in [0.05, 0.1) is 21.5 Å². The topological polar surface area (TPSA) is 55.6 Å². The van der Waals surface area contributed by atoms with E-state index in [-0.39, 0.29) is 0 Å². The Kier molecular flexibility index (Phi) is 4.40. The fourth-order valence-corrected chi connectivity index (χ4v) is 3.63. The van der Waals surface area contributed by atoms with Gasteiger partial charge in [-0.25, -0.2) is 9.97 Å². The van der Waals surface area contributed by atoms with Gasteiger partial charge < -0.3 is 5.32 Å². The van der Waals surface area contributed by atoms with Crippen LogP contribution in [0.4, 0.5) is 5.82 Å². The first-order chi connectivity index (χ1) is 10.3. The number of aromatic nitrogens is 4. The largest absolute Gasteiger partial charge is 0.369 e. The average molecular weight is 319 g/mol. The number of rotatable bonds is 6. The fraction of sp³-hybridized carbons (Fsp3) is 0.357. The number of nitrogens with one attached hydrogen (secondary N) is 1. The molecule has 5 nitrogen and oxygen atoms in total. The summed E-state index contributed by atoms with van der Waals surface area (Å²) in [6.45, 7) is 3.04. The van der Waals surface area contributed by atoms with Crippen LogP contribution in [0.5, 0.6) is 0 Å². The Balaban J connectivity index is 1.88. The average Bonchev–Trinajstić information content (AvgIpc) is 3.13. The molecule has 0 aromatic carbocycles. The van der Waals surface area contributed by atoms with Crippen molar-refractivity contribution in [3.05, 3.63) is 29.5 Å². The highest BCUT2D eigenvalue weighted by Gasteiger charge is 2.11. The number of nitrogens with zero attached hydrogens (tertiary/aromatic N) is 4. The molecule has 0 saturated carbocycles. The van der Waals surface area contributed by atoms with E-state index in [1.54, 1.807) is 27.8 Å². The van der Waals surface area contributed by atoms with Gasteiger partial charge in [0.25, 0.3) is 0 Å². The lowest BCUT2D eigenvalue weighted by Crippen LogP contribution is -2.06. The molecule has 3 aromatic heterocycles. The van der Waals surface area contributed by atoms with Crippen molar-refractivity contribution in [1.29, 1.82) is 0 Å². The summed E-state index contributed by atoms with van der Waals surface area (Å²) in [4.78, 5) is 9.30. The quantitative estimate of drug-likeness (QED) is 0.704. The summed E-state index contributed by atoms with van der Waals surface area (Å²) in [7, 11) is 1.91. The molecule has 1 N–H and O–H groups in total. The lowest BCUT2D eigenvalue weighted by Gasteiger charge is -2.07. The normalized spacial score (nSPS) is 11.1. The second-order valence-corrected chi connectivity index (χ2v) is 6.86. The number of aryl methyl sites for hydroxylation is 1. The minimum atomic E-state index is 0.766. The highest BCUT2D eigenvalue weighted by Crippen LogP contribution is 2.27. The summed E-state index contributed by atoms with van der Waals surface area (Å²) < 4.78 is 3.08. The first kappa shape index (κ1) is 14.3. The molecule has 0 atom stereocenters. The first-order valence-electron chi connectivity index (χ1n) is 6.86. The van der Waals surface area contributed by atoms with Crippen molar-refractivity contribution in [3.63, 3.8) is 0 Å². The molecule has 0 fully saturated rings. The third-order valence-electron chi connectivity index (χ3n) is 3.02. The predicted octanol–water partition coefficient (Wildman–Crippen LogP) is 3.54. The Morgan fingerprint density at radius 3 is 3.05 bits per heavy atom. The second kappa shape index (κ2) is 6.44. The van der Waals surface area contributed by atoms with Crippen molar-refractivity contribution in [2.45, 2.75) is 23.3 Å². The summed E-state index contributed by atoms with van der Waals surface area (Å²) in [6.07, 6.45) is 2.88. The molecule has 3 rings (SSSR count). The van der Waals surface area contributed by atoms with Crippen molar-refractivity contribution in [3.8, 4) is 0 Å². The van der Waals surface area contributed by atoms with Gasteiger partial charge >= 0.3 is 0 Å². The maximum atomic E-state index is 4.66. The van der Waals surface area contributed by atoms with Gasteiger partial charge in [-0.1, -0.05) is 13.0 Å². The van der Waals surface area contributed by atoms with E-state index in [9.17, 15) is 0 Å². The second-order valence-electron chi connectivity index (χ2n) is 4.64. The van der Waals surface area contributed by atoms with Gasteiger partial charge in [0.15, 0.2) is 5.65 Å². The number of hydrogen-bond donors (Lipinski definition) is 1. The van der Waals surface area contributed by atoms with Crippen LogP contribution in [0.3, 0.4) is 0 Å². The van der Waals surface area contributed by atoms with E-state index in [1.165, 1.54) is 4.21 Å². The molecule has 21 heavy (non-hydrogen) atoms. The standard InChI is InChI=1S/C14H17N5S2/c1-3-6-15-13-10-8-16-19(2)14(10)18-11(17-13)9-21-12-5-4-7-20-12/h4-5,7-8H,3,6,9H2,1-2H3,(H,15,17,18). The number of anilines is 1. The van der Waals surface area contributed by atoms with Crippen LogP contribution >= 0.6 is 23.1 Å². The van der Waals surface area contributed by atoms with Crippen LogP contribution in [-0.2, 0) is 12.8 Å². The van der Waals surface area contributed by atoms with E-state index in [2.05, 4.69) is 44.8 Å². The Hall–Kier alpha value is -1.60. The van der Waals surface area contributed by atoms with Gasteiger partial charge in [0, 0.05) is 13.6 Å². The zero-order valence-corrected chi connectivity index (χ0v) is 13.7. The molecule has 7 heteroatoms. The maximum Gasteiger partial charge on any atom is 0.163 e. The minimum Gasteiger partial charge on any atom is -0.369 e. The number of fused-ring (bicyclic) bond motifs is 1. The van der Waals surface area contributed by atoms with E-state index < -0.39 is 0 Å². The zero-order chi connectivity index (χ0) is 14.7. The lowest BCUT2D eigenvalue weighted by molar-refractivity contribution is 0.782. The van der Waals surface area contributed by atoms with Crippen LogP contribution in [0.25, 0.3) is 11.0 Å². The third kappa shape index (κ3) is 3.19. The number of thiophene rings is 1. The highest BCUT2D eigenvalue weighted by molar-refractivity contribution is 8.00. The zero-order valence-electron chi connectivity index (χ0n) is 12.0. The molecule has 0 aliphatic heterocycles. The van der Waals surface area contributed by atoms with Crippen LogP contribution in [0.2, 0.25) is 0 Å². The van der Waals surface area contributed by atoms with Gasteiger partial charge in [0.1, 0.15) is 11.6 Å². The smallest absolute Gasteiger partial charge is 0.163 e. The van der Waals surface area contributed by atoms with Crippen molar-refractivity contribution < 1.29 is 0 Å². The van der Waals surface area contributed by atoms with Crippen molar-refractivity contribution in [2.24, 2.45) is 7.05 Å². The summed E-state index contributed by atoms with van der Waals surface area (Å²) >= 11 is 3.51.